The highest BCUT2D eigenvalue weighted by atomic mass is 19.4. The SMILES string of the molecule is CCC[C@H]1N(C(=O)c2cnccc2C(F)(F)F)CCC[C@@]1(Oc1ccc(C(F)(F)F)cc1)C(=O)N1CCC(Oc2cc(CN)ccn2)CC1. The van der Waals surface area contributed by atoms with Gasteiger partial charge in [0.25, 0.3) is 11.8 Å². The molecule has 15 heteroatoms. The van der Waals surface area contributed by atoms with Crippen LogP contribution in [0, 0.1) is 0 Å². The van der Waals surface area contributed by atoms with Crippen LogP contribution >= 0.6 is 0 Å². The van der Waals surface area contributed by atoms with Crippen LogP contribution in [0.4, 0.5) is 26.3 Å². The van der Waals surface area contributed by atoms with E-state index in [2.05, 4.69) is 9.97 Å². The zero-order chi connectivity index (χ0) is 35.4. The molecule has 9 nitrogen and oxygen atoms in total. The molecular weight excluding hydrogens is 656 g/mol. The topological polar surface area (TPSA) is 111 Å². The third-order valence-corrected chi connectivity index (χ3v) is 8.94. The van der Waals surface area contributed by atoms with Gasteiger partial charge in [-0.1, -0.05) is 13.3 Å². The van der Waals surface area contributed by atoms with Crippen LogP contribution in [0.25, 0.3) is 0 Å². The molecule has 49 heavy (non-hydrogen) atoms. The summed E-state index contributed by atoms with van der Waals surface area (Å²) in [6.45, 7) is 2.60. The van der Waals surface area contributed by atoms with E-state index in [9.17, 15) is 35.9 Å². The van der Waals surface area contributed by atoms with Crippen LogP contribution in [0.1, 0.15) is 72.5 Å². The van der Waals surface area contributed by atoms with Crippen LogP contribution in [0.15, 0.2) is 61.1 Å². The van der Waals surface area contributed by atoms with E-state index in [0.717, 1.165) is 48.3 Å². The number of piperidine rings is 2. The van der Waals surface area contributed by atoms with E-state index in [1.165, 1.54) is 4.90 Å². The zero-order valence-electron chi connectivity index (χ0n) is 26.8. The van der Waals surface area contributed by atoms with Gasteiger partial charge in [-0.05, 0) is 54.8 Å². The molecule has 0 unspecified atom stereocenters. The van der Waals surface area contributed by atoms with E-state index in [-0.39, 0.29) is 50.8 Å². The smallest absolute Gasteiger partial charge is 0.417 e. The first kappa shape index (κ1) is 35.9. The standard InChI is InChI=1S/C34H37F6N5O4/c1-2-4-28-32(49-25-7-5-23(6-8-25)33(35,36)37,13-3-16-45(28)30(46)26-21-42-14-10-27(26)34(38,39)40)31(47)44-17-11-24(12-18-44)48-29-19-22(20-41)9-15-43-29/h5-10,14-15,19,21,24,28H,2-4,11-13,16-18,20,41H2,1H3/t28-,32+/m1/s1. The number of pyridine rings is 2. The number of carbonyl (C=O) groups excluding carboxylic acids is 2. The fraction of sp³-hybridized carbons (Fsp3) is 0.471. The summed E-state index contributed by atoms with van der Waals surface area (Å²) in [7, 11) is 0. The molecule has 2 aromatic heterocycles. The van der Waals surface area contributed by atoms with E-state index < -0.39 is 52.5 Å². The van der Waals surface area contributed by atoms with Crippen molar-refractivity contribution in [3.8, 4) is 11.6 Å². The van der Waals surface area contributed by atoms with Crippen LogP contribution in [0.2, 0.25) is 0 Å². The van der Waals surface area contributed by atoms with Crippen LogP contribution in [0.5, 0.6) is 11.6 Å². The van der Waals surface area contributed by atoms with Crippen LogP contribution in [-0.4, -0.2) is 69.0 Å². The maximum atomic E-state index is 14.7. The third kappa shape index (κ3) is 7.92. The first-order chi connectivity index (χ1) is 23.3. The van der Waals surface area contributed by atoms with Gasteiger partial charge in [0.2, 0.25) is 11.5 Å². The molecule has 3 aromatic rings. The molecule has 5 rings (SSSR count). The zero-order valence-corrected chi connectivity index (χ0v) is 26.8. The Morgan fingerprint density at radius 1 is 0.980 bits per heavy atom. The first-order valence-electron chi connectivity index (χ1n) is 16.1. The molecule has 0 radical (unpaired) electrons. The largest absolute Gasteiger partial charge is 0.475 e. The molecule has 2 N–H and O–H groups in total. The van der Waals surface area contributed by atoms with Crippen molar-refractivity contribution in [1.82, 2.24) is 19.8 Å². The van der Waals surface area contributed by atoms with Gasteiger partial charge in [-0.2, -0.15) is 26.3 Å². The summed E-state index contributed by atoms with van der Waals surface area (Å²) < 4.78 is 94.5. The lowest BCUT2D eigenvalue weighted by Crippen LogP contribution is -2.68. The Hall–Kier alpha value is -4.40. The second kappa shape index (κ2) is 14.6. The molecule has 0 aliphatic carbocycles. The van der Waals surface area contributed by atoms with Crippen molar-refractivity contribution in [2.24, 2.45) is 5.73 Å². The molecule has 2 saturated heterocycles. The number of halogens is 6. The highest BCUT2D eigenvalue weighted by molar-refractivity contribution is 5.97. The van der Waals surface area contributed by atoms with E-state index in [0.29, 0.717) is 31.7 Å². The number of aromatic nitrogens is 2. The van der Waals surface area contributed by atoms with Crippen LogP contribution in [0.3, 0.4) is 0 Å². The first-order valence-corrected chi connectivity index (χ1v) is 16.1. The number of nitrogens with two attached hydrogens (primary N) is 1. The van der Waals surface area contributed by atoms with Gasteiger partial charge >= 0.3 is 12.4 Å². The van der Waals surface area contributed by atoms with Gasteiger partial charge in [0.15, 0.2) is 0 Å². The van der Waals surface area contributed by atoms with E-state index in [1.807, 2.05) is 0 Å². The Kier molecular flexibility index (Phi) is 10.7. The molecule has 1 aromatic carbocycles. The van der Waals surface area contributed by atoms with Crippen LogP contribution < -0.4 is 15.2 Å². The minimum absolute atomic E-state index is 0.0336. The van der Waals surface area contributed by atoms with Gasteiger partial charge in [-0.25, -0.2) is 4.98 Å². The lowest BCUT2D eigenvalue weighted by Gasteiger charge is -2.50. The summed E-state index contributed by atoms with van der Waals surface area (Å²) in [5.41, 5.74) is 2.00. The summed E-state index contributed by atoms with van der Waals surface area (Å²) in [6.07, 6.45) is -4.67. The lowest BCUT2D eigenvalue weighted by molar-refractivity contribution is -0.161. The fourth-order valence-corrected chi connectivity index (χ4v) is 6.55. The Morgan fingerprint density at radius 2 is 1.69 bits per heavy atom. The maximum absolute atomic E-state index is 14.7. The highest BCUT2D eigenvalue weighted by Gasteiger charge is 2.56. The van der Waals surface area contributed by atoms with Gasteiger partial charge in [-0.15, -0.1) is 0 Å². The van der Waals surface area contributed by atoms with Crippen molar-refractivity contribution in [2.45, 2.75) is 82.1 Å². The molecule has 2 atom stereocenters. The summed E-state index contributed by atoms with van der Waals surface area (Å²) in [5.74, 6) is -1.12. The molecule has 264 valence electrons. The molecule has 0 spiro atoms. The van der Waals surface area contributed by atoms with E-state index in [4.69, 9.17) is 15.2 Å². The fourth-order valence-electron chi connectivity index (χ4n) is 6.55. The number of benzene rings is 1. The molecule has 4 heterocycles. The number of likely N-dealkylation sites (tertiary alicyclic amines) is 2. The predicted molar refractivity (Wildman–Crippen MR) is 165 cm³/mol. The molecule has 2 amide bonds. The van der Waals surface area contributed by atoms with Crippen molar-refractivity contribution in [1.29, 1.82) is 0 Å². The summed E-state index contributed by atoms with van der Waals surface area (Å²) in [5, 5.41) is 0. The molecule has 0 saturated carbocycles. The number of amides is 2. The summed E-state index contributed by atoms with van der Waals surface area (Å²) >= 11 is 0. The Morgan fingerprint density at radius 3 is 2.33 bits per heavy atom. The van der Waals surface area contributed by atoms with Crippen LogP contribution in [-0.2, 0) is 23.7 Å². The minimum Gasteiger partial charge on any atom is -0.475 e. The van der Waals surface area contributed by atoms with Crippen molar-refractivity contribution in [2.75, 3.05) is 19.6 Å². The van der Waals surface area contributed by atoms with E-state index >= 15 is 0 Å². The quantitative estimate of drug-likeness (QED) is 0.263. The average Bonchev–Trinajstić information content (AvgIpc) is 3.08. The second-order valence-corrected chi connectivity index (χ2v) is 12.2. The van der Waals surface area contributed by atoms with Gasteiger partial charge in [0.05, 0.1) is 22.7 Å². The van der Waals surface area contributed by atoms with Gasteiger partial charge in [-0.3, -0.25) is 14.6 Å². The number of hydrogen-bond acceptors (Lipinski definition) is 7. The van der Waals surface area contributed by atoms with Gasteiger partial charge in [0, 0.05) is 70.1 Å². The highest BCUT2D eigenvalue weighted by Crippen LogP contribution is 2.41. The third-order valence-electron chi connectivity index (χ3n) is 8.94. The number of rotatable bonds is 9. The van der Waals surface area contributed by atoms with Gasteiger partial charge in [0.1, 0.15) is 11.9 Å². The molecule has 2 fully saturated rings. The summed E-state index contributed by atoms with van der Waals surface area (Å²) in [6, 6.07) is 7.04. The summed E-state index contributed by atoms with van der Waals surface area (Å²) in [4.78, 5) is 39.4. The van der Waals surface area contributed by atoms with Crippen molar-refractivity contribution < 1.29 is 45.4 Å². The molecular formula is C34H37F6N5O4. The van der Waals surface area contributed by atoms with Gasteiger partial charge < -0.3 is 25.0 Å². The second-order valence-electron chi connectivity index (χ2n) is 12.2. The van der Waals surface area contributed by atoms with E-state index in [1.54, 1.807) is 30.2 Å². The van der Waals surface area contributed by atoms with Crippen molar-refractivity contribution in [3.05, 3.63) is 83.3 Å². The number of alkyl halides is 6. The normalized spacial score (nSPS) is 20.6. The lowest BCUT2D eigenvalue weighted by atomic mass is 9.79. The molecule has 2 aliphatic heterocycles. The number of nitrogens with zero attached hydrogens (tertiary/aromatic N) is 4. The van der Waals surface area contributed by atoms with Crippen molar-refractivity contribution >= 4 is 11.8 Å². The average molecular weight is 694 g/mol. The number of carbonyl (C=O) groups is 2. The minimum atomic E-state index is -4.85. The predicted octanol–water partition coefficient (Wildman–Crippen LogP) is 6.27. The molecule has 2 aliphatic rings. The Bertz CT molecular complexity index is 1610. The van der Waals surface area contributed by atoms with Crippen molar-refractivity contribution in [3.63, 3.8) is 0 Å². The molecule has 0 bridgehead atoms. The number of hydrogen-bond donors (Lipinski definition) is 1. The monoisotopic (exact) mass is 693 g/mol. The number of ether oxygens (including phenoxy) is 2. The Labute approximate surface area is 279 Å². The maximum Gasteiger partial charge on any atom is 0.417 e. The Balaban J connectivity index is 1.48.